The summed E-state index contributed by atoms with van der Waals surface area (Å²) in [5.41, 5.74) is 0. The quantitative estimate of drug-likeness (QED) is 0.447. The standard InChI is InChI=1S/C12H23F3OS/c13-12(14,15)11(16)9-7-5-3-1-2-4-6-8-10-17/h11,16-17H,1-10H2/t11-/m0/s1. The number of thiol groups is 1. The first-order valence-electron chi connectivity index (χ1n) is 6.34. The highest BCUT2D eigenvalue weighted by Gasteiger charge is 2.37. The van der Waals surface area contributed by atoms with Gasteiger partial charge in [-0.05, 0) is 18.6 Å². The molecular weight excluding hydrogens is 249 g/mol. The van der Waals surface area contributed by atoms with Gasteiger partial charge < -0.3 is 5.11 Å². The zero-order chi connectivity index (χ0) is 13.1. The maximum atomic E-state index is 11.9. The van der Waals surface area contributed by atoms with Crippen LogP contribution in [0.25, 0.3) is 0 Å². The topological polar surface area (TPSA) is 20.2 Å². The third-order valence-corrected chi connectivity index (χ3v) is 3.08. The summed E-state index contributed by atoms with van der Waals surface area (Å²) < 4.78 is 35.8. The number of hydrogen-bond acceptors (Lipinski definition) is 2. The van der Waals surface area contributed by atoms with Crippen molar-refractivity contribution in [2.45, 2.75) is 70.1 Å². The summed E-state index contributed by atoms with van der Waals surface area (Å²) in [5, 5.41) is 8.75. The third-order valence-electron chi connectivity index (χ3n) is 2.76. The van der Waals surface area contributed by atoms with Crippen LogP contribution >= 0.6 is 12.6 Å². The van der Waals surface area contributed by atoms with E-state index in [1.807, 2.05) is 0 Å². The van der Waals surface area contributed by atoms with Gasteiger partial charge in [-0.15, -0.1) is 0 Å². The predicted octanol–water partition coefficient (Wildman–Crippen LogP) is 4.35. The van der Waals surface area contributed by atoms with E-state index in [0.717, 1.165) is 37.9 Å². The van der Waals surface area contributed by atoms with Crippen LogP contribution in [0.15, 0.2) is 0 Å². The van der Waals surface area contributed by atoms with Gasteiger partial charge in [0.15, 0.2) is 0 Å². The Morgan fingerprint density at radius 3 is 1.65 bits per heavy atom. The molecular formula is C12H23F3OS. The molecule has 0 fully saturated rings. The maximum Gasteiger partial charge on any atom is 0.414 e. The largest absolute Gasteiger partial charge is 0.414 e. The molecule has 0 aliphatic carbocycles. The van der Waals surface area contributed by atoms with E-state index < -0.39 is 12.3 Å². The molecule has 17 heavy (non-hydrogen) atoms. The Morgan fingerprint density at radius 2 is 1.24 bits per heavy atom. The highest BCUT2D eigenvalue weighted by Crippen LogP contribution is 2.24. The zero-order valence-corrected chi connectivity index (χ0v) is 11.1. The molecule has 0 saturated heterocycles. The second-order valence-electron chi connectivity index (χ2n) is 4.40. The molecule has 0 saturated carbocycles. The molecule has 1 atom stereocenters. The Kier molecular flexibility index (Phi) is 10.1. The average Bonchev–Trinajstić information content (AvgIpc) is 2.25. The van der Waals surface area contributed by atoms with Crippen LogP contribution in [0.2, 0.25) is 0 Å². The van der Waals surface area contributed by atoms with Crippen LogP contribution in [0.1, 0.15) is 57.8 Å². The van der Waals surface area contributed by atoms with Crippen LogP contribution in [0.5, 0.6) is 0 Å². The van der Waals surface area contributed by atoms with Gasteiger partial charge in [0, 0.05) is 0 Å². The van der Waals surface area contributed by atoms with Crippen LogP contribution in [0.4, 0.5) is 13.2 Å². The molecule has 1 nitrogen and oxygen atoms in total. The summed E-state index contributed by atoms with van der Waals surface area (Å²) in [7, 11) is 0. The summed E-state index contributed by atoms with van der Waals surface area (Å²) in [6, 6.07) is 0. The molecule has 0 radical (unpaired) electrons. The highest BCUT2D eigenvalue weighted by atomic mass is 32.1. The molecule has 0 aromatic rings. The number of halogens is 3. The molecule has 104 valence electrons. The van der Waals surface area contributed by atoms with Crippen molar-refractivity contribution in [1.29, 1.82) is 0 Å². The van der Waals surface area contributed by atoms with Crippen molar-refractivity contribution in [2.75, 3.05) is 5.75 Å². The number of aliphatic hydroxyl groups excluding tert-OH is 1. The summed E-state index contributed by atoms with van der Waals surface area (Å²) in [4.78, 5) is 0. The van der Waals surface area contributed by atoms with Crippen molar-refractivity contribution >= 4 is 12.6 Å². The van der Waals surface area contributed by atoms with E-state index in [0.29, 0.717) is 6.42 Å². The van der Waals surface area contributed by atoms with Gasteiger partial charge in [-0.3, -0.25) is 0 Å². The fraction of sp³-hybridized carbons (Fsp3) is 1.00. The van der Waals surface area contributed by atoms with Gasteiger partial charge in [-0.2, -0.15) is 25.8 Å². The van der Waals surface area contributed by atoms with E-state index in [2.05, 4.69) is 12.6 Å². The maximum absolute atomic E-state index is 11.9. The molecule has 5 heteroatoms. The van der Waals surface area contributed by atoms with E-state index in [1.165, 1.54) is 12.8 Å². The number of hydrogen-bond donors (Lipinski definition) is 2. The molecule has 1 N–H and O–H groups in total. The van der Waals surface area contributed by atoms with Gasteiger partial charge >= 0.3 is 6.18 Å². The van der Waals surface area contributed by atoms with Crippen molar-refractivity contribution in [1.82, 2.24) is 0 Å². The van der Waals surface area contributed by atoms with Crippen molar-refractivity contribution in [3.8, 4) is 0 Å². The minimum Gasteiger partial charge on any atom is -0.384 e. The third kappa shape index (κ3) is 10.9. The fourth-order valence-electron chi connectivity index (χ4n) is 1.67. The van der Waals surface area contributed by atoms with Crippen LogP contribution in [0.3, 0.4) is 0 Å². The van der Waals surface area contributed by atoms with Gasteiger partial charge in [-0.25, -0.2) is 0 Å². The molecule has 0 heterocycles. The van der Waals surface area contributed by atoms with Crippen LogP contribution in [-0.2, 0) is 0 Å². The summed E-state index contributed by atoms with van der Waals surface area (Å²) in [6.07, 6.45) is 1.18. The van der Waals surface area contributed by atoms with Crippen LogP contribution in [0, 0.1) is 0 Å². The predicted molar refractivity (Wildman–Crippen MR) is 67.5 cm³/mol. The fourth-order valence-corrected chi connectivity index (χ4v) is 1.90. The van der Waals surface area contributed by atoms with Gasteiger partial charge in [0.2, 0.25) is 0 Å². The first kappa shape index (κ1) is 17.1. The highest BCUT2D eigenvalue weighted by molar-refractivity contribution is 7.80. The SMILES string of the molecule is O[C@@H](CCCCCCCCCCS)C(F)(F)F. The molecule has 0 rings (SSSR count). The average molecular weight is 272 g/mol. The summed E-state index contributed by atoms with van der Waals surface area (Å²) in [5.74, 6) is 0.926. The number of unbranched alkanes of at least 4 members (excludes halogenated alkanes) is 7. The lowest BCUT2D eigenvalue weighted by Crippen LogP contribution is -2.28. The lowest BCUT2D eigenvalue weighted by molar-refractivity contribution is -0.205. The molecule has 0 aromatic heterocycles. The Labute approximate surface area is 107 Å². The summed E-state index contributed by atoms with van der Waals surface area (Å²) in [6.45, 7) is 0. The smallest absolute Gasteiger partial charge is 0.384 e. The van der Waals surface area contributed by atoms with E-state index in [4.69, 9.17) is 5.11 Å². The van der Waals surface area contributed by atoms with Crippen molar-refractivity contribution in [3.63, 3.8) is 0 Å². The Balaban J connectivity index is 3.19. The van der Waals surface area contributed by atoms with E-state index in [-0.39, 0.29) is 6.42 Å². The van der Waals surface area contributed by atoms with Gasteiger partial charge in [-0.1, -0.05) is 44.9 Å². The van der Waals surface area contributed by atoms with Crippen LogP contribution < -0.4 is 0 Å². The molecule has 0 aliphatic rings. The minimum atomic E-state index is -4.45. The van der Waals surface area contributed by atoms with Gasteiger partial charge in [0.1, 0.15) is 6.10 Å². The number of alkyl halides is 3. The minimum absolute atomic E-state index is 0.164. The molecule has 0 aromatic carbocycles. The second kappa shape index (κ2) is 10.1. The van der Waals surface area contributed by atoms with Gasteiger partial charge in [0.25, 0.3) is 0 Å². The Morgan fingerprint density at radius 1 is 0.824 bits per heavy atom. The van der Waals surface area contributed by atoms with Crippen molar-refractivity contribution < 1.29 is 18.3 Å². The van der Waals surface area contributed by atoms with Crippen LogP contribution in [-0.4, -0.2) is 23.1 Å². The zero-order valence-electron chi connectivity index (χ0n) is 10.2. The van der Waals surface area contributed by atoms with Gasteiger partial charge in [0.05, 0.1) is 0 Å². The Bertz CT molecular complexity index is 174. The monoisotopic (exact) mass is 272 g/mol. The molecule has 0 bridgehead atoms. The first-order valence-corrected chi connectivity index (χ1v) is 6.97. The number of rotatable bonds is 10. The molecule has 0 amide bonds. The van der Waals surface area contributed by atoms with Crippen molar-refractivity contribution in [3.05, 3.63) is 0 Å². The first-order chi connectivity index (χ1) is 7.98. The molecule has 0 spiro atoms. The molecule has 0 aliphatic heterocycles. The molecule has 0 unspecified atom stereocenters. The van der Waals surface area contributed by atoms with E-state index >= 15 is 0 Å². The van der Waals surface area contributed by atoms with E-state index in [1.54, 1.807) is 0 Å². The second-order valence-corrected chi connectivity index (χ2v) is 4.85. The lowest BCUT2D eigenvalue weighted by Gasteiger charge is -2.13. The normalized spacial score (nSPS) is 13.9. The van der Waals surface area contributed by atoms with Crippen molar-refractivity contribution in [2.24, 2.45) is 0 Å². The van der Waals surface area contributed by atoms with E-state index in [9.17, 15) is 13.2 Å². The summed E-state index contributed by atoms with van der Waals surface area (Å²) >= 11 is 4.12. The lowest BCUT2D eigenvalue weighted by atomic mass is 10.1. The number of aliphatic hydroxyl groups is 1. The Hall–Kier alpha value is 0.100.